The molecule has 1 aliphatic rings. The van der Waals surface area contributed by atoms with E-state index >= 15 is 0 Å². The smallest absolute Gasteiger partial charge is 0.0489 e. The second-order valence-corrected chi connectivity index (χ2v) is 6.94. The lowest BCUT2D eigenvalue weighted by atomic mass is 9.89. The fraction of sp³-hybridized carbons (Fsp3) is 0.368. The standard InChI is InChI=1S/C19H22BrN/c1-13-7-10-19(18(20)11-13)21-14(2)16-9-8-15-5-3-4-6-17(15)12-16/h7-12,14,21H,3-6H2,1-2H3. The molecule has 2 aromatic carbocycles. The predicted molar refractivity (Wildman–Crippen MR) is 94.0 cm³/mol. The molecule has 1 atom stereocenters. The molecule has 1 N–H and O–H groups in total. The topological polar surface area (TPSA) is 12.0 Å². The highest BCUT2D eigenvalue weighted by Gasteiger charge is 2.13. The maximum atomic E-state index is 3.65. The molecule has 0 saturated heterocycles. The monoisotopic (exact) mass is 343 g/mol. The van der Waals surface area contributed by atoms with E-state index in [-0.39, 0.29) is 0 Å². The maximum absolute atomic E-state index is 3.65. The molecule has 2 aromatic rings. The Balaban J connectivity index is 1.80. The first-order chi connectivity index (χ1) is 10.1. The first-order valence-electron chi connectivity index (χ1n) is 7.78. The van der Waals surface area contributed by atoms with Crippen LogP contribution >= 0.6 is 15.9 Å². The molecular weight excluding hydrogens is 322 g/mol. The molecule has 1 unspecified atom stereocenters. The Bertz CT molecular complexity index is 648. The molecule has 0 heterocycles. The van der Waals surface area contributed by atoms with Crippen molar-refractivity contribution in [1.29, 1.82) is 0 Å². The lowest BCUT2D eigenvalue weighted by Crippen LogP contribution is -2.10. The zero-order valence-corrected chi connectivity index (χ0v) is 14.3. The average molecular weight is 344 g/mol. The third-order valence-corrected chi connectivity index (χ3v) is 5.03. The Kier molecular flexibility index (Phi) is 4.34. The van der Waals surface area contributed by atoms with E-state index in [2.05, 4.69) is 71.5 Å². The Hall–Kier alpha value is -1.28. The molecule has 0 aliphatic heterocycles. The summed E-state index contributed by atoms with van der Waals surface area (Å²) >= 11 is 3.65. The van der Waals surface area contributed by atoms with Gasteiger partial charge in [-0.25, -0.2) is 0 Å². The van der Waals surface area contributed by atoms with Gasteiger partial charge < -0.3 is 5.32 Å². The van der Waals surface area contributed by atoms with Crippen molar-refractivity contribution in [3.63, 3.8) is 0 Å². The van der Waals surface area contributed by atoms with Gasteiger partial charge in [0.25, 0.3) is 0 Å². The highest BCUT2D eigenvalue weighted by Crippen LogP contribution is 2.29. The van der Waals surface area contributed by atoms with Crippen LogP contribution in [0.1, 0.15) is 48.1 Å². The van der Waals surface area contributed by atoms with E-state index in [0.29, 0.717) is 6.04 Å². The number of hydrogen-bond acceptors (Lipinski definition) is 1. The van der Waals surface area contributed by atoms with Crippen molar-refractivity contribution < 1.29 is 0 Å². The highest BCUT2D eigenvalue weighted by atomic mass is 79.9. The molecule has 0 bridgehead atoms. The first-order valence-corrected chi connectivity index (χ1v) is 8.57. The molecule has 0 saturated carbocycles. The van der Waals surface area contributed by atoms with Crippen LogP contribution in [-0.2, 0) is 12.8 Å². The minimum absolute atomic E-state index is 0.316. The summed E-state index contributed by atoms with van der Waals surface area (Å²) in [7, 11) is 0. The van der Waals surface area contributed by atoms with Gasteiger partial charge in [-0.05, 0) is 89.8 Å². The van der Waals surface area contributed by atoms with E-state index < -0.39 is 0 Å². The molecule has 0 spiro atoms. The van der Waals surface area contributed by atoms with Gasteiger partial charge >= 0.3 is 0 Å². The van der Waals surface area contributed by atoms with Crippen LogP contribution < -0.4 is 5.32 Å². The van der Waals surface area contributed by atoms with Gasteiger partial charge in [-0.1, -0.05) is 24.3 Å². The van der Waals surface area contributed by atoms with E-state index in [1.807, 2.05) is 0 Å². The van der Waals surface area contributed by atoms with Crippen LogP contribution in [0.15, 0.2) is 40.9 Å². The van der Waals surface area contributed by atoms with Crippen LogP contribution in [0, 0.1) is 6.92 Å². The lowest BCUT2D eigenvalue weighted by molar-refractivity contribution is 0.683. The third kappa shape index (κ3) is 3.32. The fourth-order valence-electron chi connectivity index (χ4n) is 3.08. The van der Waals surface area contributed by atoms with Crippen molar-refractivity contribution in [2.75, 3.05) is 5.32 Å². The maximum Gasteiger partial charge on any atom is 0.0489 e. The summed E-state index contributed by atoms with van der Waals surface area (Å²) in [5.41, 5.74) is 6.91. The Morgan fingerprint density at radius 1 is 1.00 bits per heavy atom. The summed E-state index contributed by atoms with van der Waals surface area (Å²) in [5, 5.41) is 3.61. The van der Waals surface area contributed by atoms with Gasteiger partial charge in [-0.15, -0.1) is 0 Å². The minimum atomic E-state index is 0.316. The van der Waals surface area contributed by atoms with Gasteiger partial charge in [0.1, 0.15) is 0 Å². The van der Waals surface area contributed by atoms with E-state index in [4.69, 9.17) is 0 Å². The number of aryl methyl sites for hydroxylation is 3. The van der Waals surface area contributed by atoms with E-state index in [1.165, 1.54) is 36.8 Å². The summed E-state index contributed by atoms with van der Waals surface area (Å²) in [6.45, 7) is 4.35. The lowest BCUT2D eigenvalue weighted by Gasteiger charge is -2.21. The van der Waals surface area contributed by atoms with Crippen molar-refractivity contribution >= 4 is 21.6 Å². The first kappa shape index (κ1) is 14.6. The average Bonchev–Trinajstić information content (AvgIpc) is 2.49. The van der Waals surface area contributed by atoms with Gasteiger partial charge in [0.15, 0.2) is 0 Å². The van der Waals surface area contributed by atoms with E-state index in [9.17, 15) is 0 Å². The molecule has 21 heavy (non-hydrogen) atoms. The zero-order chi connectivity index (χ0) is 14.8. The number of halogens is 1. The molecule has 1 aliphatic carbocycles. The summed E-state index contributed by atoms with van der Waals surface area (Å²) < 4.78 is 1.13. The Morgan fingerprint density at radius 3 is 2.52 bits per heavy atom. The Labute approximate surface area is 135 Å². The second kappa shape index (κ2) is 6.23. The number of hydrogen-bond donors (Lipinski definition) is 1. The summed E-state index contributed by atoms with van der Waals surface area (Å²) in [4.78, 5) is 0. The van der Waals surface area contributed by atoms with Crippen LogP contribution in [0.2, 0.25) is 0 Å². The summed E-state index contributed by atoms with van der Waals surface area (Å²) in [6, 6.07) is 13.8. The predicted octanol–water partition coefficient (Wildman–Crippen LogP) is 5.81. The molecule has 0 fully saturated rings. The number of fused-ring (bicyclic) bond motifs is 1. The number of nitrogens with one attached hydrogen (secondary N) is 1. The van der Waals surface area contributed by atoms with Crippen LogP contribution in [0.25, 0.3) is 0 Å². The largest absolute Gasteiger partial charge is 0.378 e. The van der Waals surface area contributed by atoms with Crippen molar-refractivity contribution in [3.8, 4) is 0 Å². The summed E-state index contributed by atoms with van der Waals surface area (Å²) in [5.74, 6) is 0. The van der Waals surface area contributed by atoms with Crippen molar-refractivity contribution in [3.05, 3.63) is 63.1 Å². The molecule has 1 nitrogen and oxygen atoms in total. The molecular formula is C19H22BrN. The number of anilines is 1. The van der Waals surface area contributed by atoms with E-state index in [1.54, 1.807) is 11.1 Å². The van der Waals surface area contributed by atoms with Gasteiger partial charge in [0, 0.05) is 16.2 Å². The molecule has 3 rings (SSSR count). The molecule has 0 amide bonds. The van der Waals surface area contributed by atoms with Crippen molar-refractivity contribution in [2.45, 2.75) is 45.6 Å². The minimum Gasteiger partial charge on any atom is -0.378 e. The van der Waals surface area contributed by atoms with Crippen LogP contribution in [0.4, 0.5) is 5.69 Å². The van der Waals surface area contributed by atoms with Gasteiger partial charge in [0.05, 0.1) is 0 Å². The number of rotatable bonds is 3. The van der Waals surface area contributed by atoms with Crippen molar-refractivity contribution in [2.24, 2.45) is 0 Å². The van der Waals surface area contributed by atoms with Gasteiger partial charge in [-0.3, -0.25) is 0 Å². The SMILES string of the molecule is Cc1ccc(NC(C)c2ccc3c(c2)CCCC3)c(Br)c1. The van der Waals surface area contributed by atoms with Crippen LogP contribution in [0.3, 0.4) is 0 Å². The molecule has 2 heteroatoms. The van der Waals surface area contributed by atoms with Gasteiger partial charge in [-0.2, -0.15) is 0 Å². The van der Waals surface area contributed by atoms with Crippen molar-refractivity contribution in [1.82, 2.24) is 0 Å². The molecule has 110 valence electrons. The fourth-order valence-corrected chi connectivity index (χ4v) is 3.68. The molecule has 0 aromatic heterocycles. The zero-order valence-electron chi connectivity index (χ0n) is 12.7. The third-order valence-electron chi connectivity index (χ3n) is 4.37. The van der Waals surface area contributed by atoms with E-state index in [0.717, 1.165) is 10.2 Å². The molecule has 0 radical (unpaired) electrons. The van der Waals surface area contributed by atoms with Gasteiger partial charge in [0.2, 0.25) is 0 Å². The number of benzene rings is 2. The highest BCUT2D eigenvalue weighted by molar-refractivity contribution is 9.10. The van der Waals surface area contributed by atoms with Crippen LogP contribution in [-0.4, -0.2) is 0 Å². The van der Waals surface area contributed by atoms with Crippen LogP contribution in [0.5, 0.6) is 0 Å². The summed E-state index contributed by atoms with van der Waals surface area (Å²) in [6.07, 6.45) is 5.17. The normalized spacial score (nSPS) is 15.4. The second-order valence-electron chi connectivity index (χ2n) is 6.08. The Morgan fingerprint density at radius 2 is 1.76 bits per heavy atom. The quantitative estimate of drug-likeness (QED) is 0.741.